The van der Waals surface area contributed by atoms with Crippen LogP contribution in [-0.4, -0.2) is 32.1 Å². The van der Waals surface area contributed by atoms with Crippen molar-refractivity contribution < 1.29 is 9.53 Å². The molecule has 2 aromatic heterocycles. The van der Waals surface area contributed by atoms with Crippen LogP contribution in [0.1, 0.15) is 48.6 Å². The fraction of sp³-hybridized carbons (Fsp3) is 0.308. The summed E-state index contributed by atoms with van der Waals surface area (Å²) >= 11 is 0. The average molecular weight is 458 g/mol. The zero-order valence-corrected chi connectivity index (χ0v) is 19.3. The number of para-hydroxylation sites is 1. The molecule has 2 aromatic carbocycles. The number of ether oxygens (including phenoxy) is 1. The predicted molar refractivity (Wildman–Crippen MR) is 129 cm³/mol. The van der Waals surface area contributed by atoms with Crippen molar-refractivity contribution in [3.05, 3.63) is 88.5 Å². The molecular formula is C26H27N5O3. The van der Waals surface area contributed by atoms with Crippen molar-refractivity contribution in [2.75, 3.05) is 7.11 Å². The van der Waals surface area contributed by atoms with Crippen molar-refractivity contribution >= 4 is 16.8 Å². The van der Waals surface area contributed by atoms with Crippen LogP contribution in [0.15, 0.2) is 65.7 Å². The molecule has 1 N–H and O–H groups in total. The van der Waals surface area contributed by atoms with E-state index in [4.69, 9.17) is 9.72 Å². The molecule has 0 saturated heterocycles. The number of hydrogen-bond donors (Lipinski definition) is 1. The molecule has 0 spiro atoms. The van der Waals surface area contributed by atoms with E-state index in [0.29, 0.717) is 28.9 Å². The molecule has 5 rings (SSSR count). The number of nitrogens with one attached hydrogen (secondary N) is 1. The molecule has 174 valence electrons. The van der Waals surface area contributed by atoms with Crippen LogP contribution in [0.2, 0.25) is 0 Å². The highest BCUT2D eigenvalue weighted by Crippen LogP contribution is 2.35. The van der Waals surface area contributed by atoms with Gasteiger partial charge >= 0.3 is 0 Å². The monoisotopic (exact) mass is 457 g/mol. The molecule has 1 amide bonds. The lowest BCUT2D eigenvalue weighted by atomic mass is 10.1. The molecule has 1 aliphatic rings. The Morgan fingerprint density at radius 2 is 2.03 bits per heavy atom. The Hall–Kier alpha value is -3.94. The minimum Gasteiger partial charge on any atom is -0.497 e. The van der Waals surface area contributed by atoms with E-state index in [1.54, 1.807) is 17.9 Å². The number of benzene rings is 2. The number of rotatable bonds is 8. The van der Waals surface area contributed by atoms with Crippen molar-refractivity contribution in [1.29, 1.82) is 0 Å². The van der Waals surface area contributed by atoms with E-state index < -0.39 is 6.04 Å². The summed E-state index contributed by atoms with van der Waals surface area (Å²) < 4.78 is 9.04. The van der Waals surface area contributed by atoms with Gasteiger partial charge in [-0.1, -0.05) is 24.3 Å². The van der Waals surface area contributed by atoms with Crippen LogP contribution < -0.4 is 15.6 Å². The van der Waals surface area contributed by atoms with Gasteiger partial charge in [0.2, 0.25) is 5.91 Å². The number of imidazole rings is 1. The number of hydrogen-bond acceptors (Lipinski definition) is 5. The molecule has 2 heterocycles. The highest BCUT2D eigenvalue weighted by atomic mass is 16.5. The number of aromatic nitrogens is 4. The Balaban J connectivity index is 1.39. The highest BCUT2D eigenvalue weighted by molar-refractivity contribution is 5.78. The summed E-state index contributed by atoms with van der Waals surface area (Å²) in [5, 5.41) is 3.74. The Morgan fingerprint density at radius 3 is 2.76 bits per heavy atom. The summed E-state index contributed by atoms with van der Waals surface area (Å²) in [5.41, 5.74) is 1.52. The van der Waals surface area contributed by atoms with Crippen molar-refractivity contribution in [2.24, 2.45) is 7.05 Å². The second-order valence-electron chi connectivity index (χ2n) is 8.62. The molecule has 1 atom stereocenters. The summed E-state index contributed by atoms with van der Waals surface area (Å²) in [6, 6.07) is 14.7. The Morgan fingerprint density at radius 1 is 1.21 bits per heavy atom. The number of aryl methyl sites for hydroxylation is 2. The predicted octanol–water partition coefficient (Wildman–Crippen LogP) is 3.31. The standard InChI is InChI=1S/C26H27N5O3/c1-30-15-14-27-25(30)24(17-6-5-7-19(16-17)34-2)29-23(32)13-12-22-28-21-9-4-3-8-20(21)26(33)31(22)18-10-11-18/h3-9,14-16,18,24H,10-13H2,1-2H3,(H,29,32). The number of carbonyl (C=O) groups is 1. The maximum absolute atomic E-state index is 13.1. The van der Waals surface area contributed by atoms with Crippen molar-refractivity contribution in [3.63, 3.8) is 0 Å². The third-order valence-corrected chi connectivity index (χ3v) is 6.22. The molecule has 0 aliphatic heterocycles. The van der Waals surface area contributed by atoms with Crippen LogP contribution in [0.3, 0.4) is 0 Å². The summed E-state index contributed by atoms with van der Waals surface area (Å²) in [5.74, 6) is 1.96. The minimum absolute atomic E-state index is 0.0224. The molecule has 8 nitrogen and oxygen atoms in total. The molecule has 1 fully saturated rings. The van der Waals surface area contributed by atoms with Gasteiger partial charge < -0.3 is 14.6 Å². The van der Waals surface area contributed by atoms with E-state index in [9.17, 15) is 9.59 Å². The van der Waals surface area contributed by atoms with E-state index in [1.165, 1.54) is 0 Å². The van der Waals surface area contributed by atoms with Gasteiger partial charge in [-0.2, -0.15) is 0 Å². The van der Waals surface area contributed by atoms with Crippen LogP contribution >= 0.6 is 0 Å². The average Bonchev–Trinajstić information content (AvgIpc) is 3.61. The fourth-order valence-electron chi connectivity index (χ4n) is 4.31. The molecule has 0 bridgehead atoms. The molecule has 8 heteroatoms. The first-order valence-corrected chi connectivity index (χ1v) is 11.5. The zero-order valence-electron chi connectivity index (χ0n) is 19.3. The topological polar surface area (TPSA) is 91.0 Å². The Bertz CT molecular complexity index is 1400. The third kappa shape index (κ3) is 4.31. The maximum Gasteiger partial charge on any atom is 0.261 e. The quantitative estimate of drug-likeness (QED) is 0.438. The number of carbonyl (C=O) groups excluding carboxylic acids is 1. The molecule has 0 radical (unpaired) electrons. The molecule has 4 aromatic rings. The van der Waals surface area contributed by atoms with Crippen molar-refractivity contribution in [1.82, 2.24) is 24.4 Å². The molecule has 34 heavy (non-hydrogen) atoms. The van der Waals surface area contributed by atoms with Gasteiger partial charge in [0.15, 0.2) is 0 Å². The summed E-state index contributed by atoms with van der Waals surface area (Å²) in [6.45, 7) is 0. The number of nitrogens with zero attached hydrogens (tertiary/aromatic N) is 4. The summed E-state index contributed by atoms with van der Waals surface area (Å²) in [7, 11) is 3.51. The van der Waals surface area contributed by atoms with Crippen molar-refractivity contribution in [2.45, 2.75) is 37.8 Å². The van der Waals surface area contributed by atoms with Gasteiger partial charge in [-0.25, -0.2) is 9.97 Å². The van der Waals surface area contributed by atoms with Crippen molar-refractivity contribution in [3.8, 4) is 5.75 Å². The first-order valence-electron chi connectivity index (χ1n) is 11.5. The van der Waals surface area contributed by atoms with Gasteiger partial charge in [-0.3, -0.25) is 14.2 Å². The SMILES string of the molecule is COc1cccc(C(NC(=O)CCc2nc3ccccc3c(=O)n2C2CC2)c2nccn2C)c1. The summed E-state index contributed by atoms with van der Waals surface area (Å²) in [4.78, 5) is 35.4. The molecule has 1 aliphatic carbocycles. The Kier molecular flexibility index (Phi) is 5.88. The summed E-state index contributed by atoms with van der Waals surface area (Å²) in [6.07, 6.45) is 6.09. The number of amides is 1. The number of methoxy groups -OCH3 is 1. The lowest BCUT2D eigenvalue weighted by molar-refractivity contribution is -0.121. The molecule has 1 saturated carbocycles. The van der Waals surface area contributed by atoms with Crippen LogP contribution in [0, 0.1) is 0 Å². The normalized spacial score (nSPS) is 14.2. The second-order valence-corrected chi connectivity index (χ2v) is 8.62. The van der Waals surface area contributed by atoms with Gasteiger partial charge in [0.05, 0.1) is 18.0 Å². The molecular weight excluding hydrogens is 430 g/mol. The van der Waals surface area contributed by atoms with E-state index in [0.717, 1.165) is 24.2 Å². The largest absolute Gasteiger partial charge is 0.497 e. The maximum atomic E-state index is 13.1. The zero-order chi connectivity index (χ0) is 23.7. The van der Waals surface area contributed by atoms with Gasteiger partial charge in [-0.05, 0) is 42.7 Å². The lowest BCUT2D eigenvalue weighted by Crippen LogP contribution is -2.32. The highest BCUT2D eigenvalue weighted by Gasteiger charge is 2.29. The van der Waals surface area contributed by atoms with Gasteiger partial charge in [-0.15, -0.1) is 0 Å². The lowest BCUT2D eigenvalue weighted by Gasteiger charge is -2.20. The van der Waals surface area contributed by atoms with E-state index in [-0.39, 0.29) is 23.9 Å². The van der Waals surface area contributed by atoms with Gasteiger partial charge in [0, 0.05) is 38.3 Å². The minimum atomic E-state index is -0.433. The number of fused-ring (bicyclic) bond motifs is 1. The second kappa shape index (κ2) is 9.13. The first-order chi connectivity index (χ1) is 16.5. The van der Waals surface area contributed by atoms with E-state index >= 15 is 0 Å². The van der Waals surface area contributed by atoms with Gasteiger partial charge in [0.1, 0.15) is 23.4 Å². The smallest absolute Gasteiger partial charge is 0.261 e. The van der Waals surface area contributed by atoms with Crippen LogP contribution in [0.25, 0.3) is 10.9 Å². The van der Waals surface area contributed by atoms with Crippen LogP contribution in [-0.2, 0) is 18.3 Å². The van der Waals surface area contributed by atoms with E-state index in [1.807, 2.05) is 66.3 Å². The van der Waals surface area contributed by atoms with Crippen LogP contribution in [0.4, 0.5) is 0 Å². The van der Waals surface area contributed by atoms with Crippen LogP contribution in [0.5, 0.6) is 5.75 Å². The Labute approximate surface area is 197 Å². The molecule has 1 unspecified atom stereocenters. The van der Waals surface area contributed by atoms with Gasteiger partial charge in [0.25, 0.3) is 5.56 Å². The van der Waals surface area contributed by atoms with E-state index in [2.05, 4.69) is 10.3 Å². The third-order valence-electron chi connectivity index (χ3n) is 6.22. The fourth-order valence-corrected chi connectivity index (χ4v) is 4.31. The first kappa shape index (κ1) is 21.9.